The van der Waals surface area contributed by atoms with Crippen LogP contribution in [0.15, 0.2) is 28.7 Å². The Morgan fingerprint density at radius 1 is 1.00 bits per heavy atom. The lowest BCUT2D eigenvalue weighted by atomic mass is 9.97. The van der Waals surface area contributed by atoms with Crippen LogP contribution in [-0.4, -0.2) is 25.4 Å². The molecule has 2 aromatic carbocycles. The van der Waals surface area contributed by atoms with Crippen LogP contribution in [0, 0.1) is 0 Å². The topological polar surface area (TPSA) is 38.2 Å². The Morgan fingerprint density at radius 3 is 2.58 bits per heavy atom. The van der Waals surface area contributed by atoms with E-state index in [2.05, 4.69) is 24.3 Å². The minimum Gasteiger partial charge on any atom is -0.456 e. The van der Waals surface area contributed by atoms with Crippen molar-refractivity contribution in [3.63, 3.8) is 0 Å². The third-order valence-electron chi connectivity index (χ3n) is 4.13. The molecule has 4 aromatic rings. The average Bonchev–Trinajstić information content (AvgIpc) is 3.30. The first-order chi connectivity index (χ1) is 9.37. The van der Waals surface area contributed by atoms with Crippen molar-refractivity contribution < 1.29 is 13.9 Å². The van der Waals surface area contributed by atoms with Crippen LogP contribution in [0.5, 0.6) is 0 Å². The van der Waals surface area contributed by atoms with E-state index in [1.165, 1.54) is 21.9 Å². The van der Waals surface area contributed by atoms with E-state index >= 15 is 0 Å². The van der Waals surface area contributed by atoms with Gasteiger partial charge in [0.1, 0.15) is 11.2 Å². The Morgan fingerprint density at radius 2 is 1.79 bits per heavy atom. The molecule has 3 heteroatoms. The number of ether oxygens (including phenoxy) is 2. The van der Waals surface area contributed by atoms with Gasteiger partial charge < -0.3 is 13.9 Å². The first-order valence-corrected chi connectivity index (χ1v) is 6.86. The summed E-state index contributed by atoms with van der Waals surface area (Å²) in [5.74, 6) is 0. The molecule has 2 aliphatic heterocycles. The smallest absolute Gasteiger partial charge is 0.142 e. The molecular weight excluding hydrogens is 240 g/mol. The summed E-state index contributed by atoms with van der Waals surface area (Å²) in [6.45, 7) is 1.81. The number of epoxide rings is 2. The highest BCUT2D eigenvalue weighted by atomic mass is 16.6. The van der Waals surface area contributed by atoms with Crippen LogP contribution in [0.1, 0.15) is 11.1 Å². The molecule has 0 spiro atoms. The molecule has 2 bridgehead atoms. The van der Waals surface area contributed by atoms with Crippen LogP contribution in [-0.2, 0) is 22.3 Å². The van der Waals surface area contributed by atoms with E-state index in [-0.39, 0.29) is 0 Å². The van der Waals surface area contributed by atoms with Crippen molar-refractivity contribution in [2.24, 2.45) is 0 Å². The predicted octanol–water partition coefficient (Wildman–Crippen LogP) is 2.91. The Labute approximate surface area is 110 Å². The molecule has 2 fully saturated rings. The summed E-state index contributed by atoms with van der Waals surface area (Å²) >= 11 is 0. The van der Waals surface area contributed by atoms with Crippen molar-refractivity contribution in [1.29, 1.82) is 0 Å². The normalized spacial score (nSPS) is 25.5. The molecular formula is C16H14O3. The van der Waals surface area contributed by atoms with Crippen molar-refractivity contribution in [2.45, 2.75) is 25.0 Å². The zero-order valence-electron chi connectivity index (χ0n) is 10.5. The van der Waals surface area contributed by atoms with Crippen LogP contribution in [0.4, 0.5) is 0 Å². The van der Waals surface area contributed by atoms with Gasteiger partial charge in [-0.3, -0.25) is 0 Å². The van der Waals surface area contributed by atoms with Crippen LogP contribution in [0.25, 0.3) is 21.9 Å². The van der Waals surface area contributed by atoms with Gasteiger partial charge in [-0.2, -0.15) is 0 Å². The summed E-state index contributed by atoms with van der Waals surface area (Å²) in [5.41, 5.74) is 4.79. The first kappa shape index (κ1) is 10.2. The standard InChI is InChI=1S/C16H14O3/c1-2-10-5-15-14(6-12-8-18-12)16(19-15)13(10)4-9(1)3-11-7-17-11/h1-2,4-5,11-12H,3,6-8H2. The molecule has 2 aromatic heterocycles. The molecule has 19 heavy (non-hydrogen) atoms. The van der Waals surface area contributed by atoms with Gasteiger partial charge in [-0.1, -0.05) is 12.1 Å². The van der Waals surface area contributed by atoms with E-state index in [1.807, 2.05) is 0 Å². The third kappa shape index (κ3) is 1.66. The molecule has 0 N–H and O–H groups in total. The number of hydrogen-bond acceptors (Lipinski definition) is 3. The third-order valence-corrected chi connectivity index (χ3v) is 4.13. The minimum absolute atomic E-state index is 0.418. The molecule has 0 saturated carbocycles. The first-order valence-electron chi connectivity index (χ1n) is 6.86. The monoisotopic (exact) mass is 254 g/mol. The van der Waals surface area contributed by atoms with Crippen LogP contribution < -0.4 is 0 Å². The summed E-state index contributed by atoms with van der Waals surface area (Å²) in [6, 6.07) is 8.80. The second-order valence-corrected chi connectivity index (χ2v) is 5.66. The van der Waals surface area contributed by atoms with Crippen LogP contribution in [0.2, 0.25) is 0 Å². The van der Waals surface area contributed by atoms with Gasteiger partial charge in [-0.15, -0.1) is 0 Å². The van der Waals surface area contributed by atoms with Crippen LogP contribution >= 0.6 is 0 Å². The maximum absolute atomic E-state index is 5.77. The molecule has 0 amide bonds. The SMILES string of the molecule is c1cc2cc3c(CC4CO4)c(c2cc1CC1CO1)O3. The molecule has 2 unspecified atom stereocenters. The summed E-state index contributed by atoms with van der Waals surface area (Å²) in [4.78, 5) is 0. The van der Waals surface area contributed by atoms with Gasteiger partial charge in [0, 0.05) is 23.8 Å². The number of rotatable bonds is 4. The minimum atomic E-state index is 0.418. The van der Waals surface area contributed by atoms with Gasteiger partial charge in [0.2, 0.25) is 0 Å². The fraction of sp³-hybridized carbons (Fsp3) is 0.375. The van der Waals surface area contributed by atoms with Gasteiger partial charge >= 0.3 is 0 Å². The van der Waals surface area contributed by atoms with Gasteiger partial charge in [0.05, 0.1) is 25.4 Å². The van der Waals surface area contributed by atoms with E-state index in [0.717, 1.165) is 37.2 Å². The molecule has 96 valence electrons. The molecule has 3 nitrogen and oxygen atoms in total. The molecule has 2 saturated heterocycles. The van der Waals surface area contributed by atoms with Crippen LogP contribution in [0.3, 0.4) is 0 Å². The maximum Gasteiger partial charge on any atom is 0.142 e. The molecule has 2 atom stereocenters. The average molecular weight is 254 g/mol. The van der Waals surface area contributed by atoms with E-state index in [4.69, 9.17) is 13.9 Å². The second kappa shape index (κ2) is 3.50. The Kier molecular flexibility index (Phi) is 1.88. The van der Waals surface area contributed by atoms with Gasteiger partial charge in [0.15, 0.2) is 0 Å². The Bertz CT molecular complexity index is 750. The van der Waals surface area contributed by atoms with Crippen molar-refractivity contribution in [3.05, 3.63) is 35.4 Å². The van der Waals surface area contributed by atoms with E-state index in [1.54, 1.807) is 0 Å². The van der Waals surface area contributed by atoms with Crippen molar-refractivity contribution >= 4 is 21.9 Å². The lowest BCUT2D eigenvalue weighted by molar-refractivity contribution is 0.405. The molecule has 0 aliphatic carbocycles. The molecule has 2 aliphatic rings. The Balaban J connectivity index is 1.60. The highest BCUT2D eigenvalue weighted by Crippen LogP contribution is 2.37. The van der Waals surface area contributed by atoms with Gasteiger partial charge in [-0.05, 0) is 23.1 Å². The lowest BCUT2D eigenvalue weighted by Gasteiger charge is -2.15. The largest absolute Gasteiger partial charge is 0.456 e. The fourth-order valence-corrected chi connectivity index (χ4v) is 2.88. The van der Waals surface area contributed by atoms with Crippen molar-refractivity contribution in [3.8, 4) is 0 Å². The van der Waals surface area contributed by atoms with Gasteiger partial charge in [0.25, 0.3) is 0 Å². The summed E-state index contributed by atoms with van der Waals surface area (Å²) in [5, 5.41) is 2.51. The second-order valence-electron chi connectivity index (χ2n) is 5.66. The number of benzene rings is 2. The quantitative estimate of drug-likeness (QED) is 0.672. The zero-order chi connectivity index (χ0) is 12.4. The van der Waals surface area contributed by atoms with E-state index < -0.39 is 0 Å². The molecule has 0 radical (unpaired) electrons. The maximum atomic E-state index is 5.77. The summed E-state index contributed by atoms with van der Waals surface area (Å²) in [6.07, 6.45) is 2.86. The van der Waals surface area contributed by atoms with E-state index in [9.17, 15) is 0 Å². The summed E-state index contributed by atoms with van der Waals surface area (Å²) < 4.78 is 16.4. The van der Waals surface area contributed by atoms with E-state index in [0.29, 0.717) is 12.2 Å². The molecule has 4 heterocycles. The number of hydrogen-bond donors (Lipinski definition) is 0. The highest BCUT2D eigenvalue weighted by molar-refractivity contribution is 6.04. The predicted molar refractivity (Wildman–Crippen MR) is 71.8 cm³/mol. The zero-order valence-corrected chi connectivity index (χ0v) is 10.5. The lowest BCUT2D eigenvalue weighted by Crippen LogP contribution is -2.00. The highest BCUT2D eigenvalue weighted by Gasteiger charge is 2.28. The van der Waals surface area contributed by atoms with Crippen molar-refractivity contribution in [2.75, 3.05) is 13.2 Å². The van der Waals surface area contributed by atoms with Crippen molar-refractivity contribution in [1.82, 2.24) is 0 Å². The Hall–Kier alpha value is -1.58. The molecule has 6 rings (SSSR count). The summed E-state index contributed by atoms with van der Waals surface area (Å²) in [7, 11) is 0. The van der Waals surface area contributed by atoms with Gasteiger partial charge in [-0.25, -0.2) is 0 Å². The fourth-order valence-electron chi connectivity index (χ4n) is 2.88.